The third-order valence-corrected chi connectivity index (χ3v) is 2.28. The van der Waals surface area contributed by atoms with Crippen LogP contribution in [0.2, 0.25) is 0 Å². The van der Waals surface area contributed by atoms with E-state index in [1.54, 1.807) is 0 Å². The van der Waals surface area contributed by atoms with Crippen molar-refractivity contribution in [2.45, 2.75) is 18.6 Å². The Morgan fingerprint density at radius 3 is 2.35 bits per heavy atom. The van der Waals surface area contributed by atoms with Crippen LogP contribution in [0.4, 0.5) is 5.69 Å². The third kappa shape index (κ3) is 3.51. The first-order chi connectivity index (χ1) is 7.91. The number of nitro benzene ring substituents is 1. The van der Waals surface area contributed by atoms with Gasteiger partial charge in [0.25, 0.3) is 5.69 Å². The fourth-order valence-corrected chi connectivity index (χ4v) is 1.30. The van der Waals surface area contributed by atoms with Gasteiger partial charge in [-0.3, -0.25) is 14.9 Å². The molecule has 7 heteroatoms. The Morgan fingerprint density at radius 2 is 1.94 bits per heavy atom. The van der Waals surface area contributed by atoms with Gasteiger partial charge in [-0.15, -0.1) is 0 Å². The maximum Gasteiger partial charge on any atom is 0.320 e. The summed E-state index contributed by atoms with van der Waals surface area (Å²) in [6, 6.07) is 4.06. The van der Waals surface area contributed by atoms with Crippen molar-refractivity contribution in [1.29, 1.82) is 0 Å². The SMILES string of the molecule is N[C@@H](C[C@H](O)c1ccc([N+](=O)[O-])cc1)C(=O)O. The van der Waals surface area contributed by atoms with Crippen LogP contribution in [-0.2, 0) is 4.79 Å². The molecule has 4 N–H and O–H groups in total. The standard InChI is InChI=1S/C10H12N2O5/c11-8(10(14)15)5-9(13)6-1-3-7(4-2-6)12(16)17/h1-4,8-9,13H,5,11H2,(H,14,15)/t8-,9-/m0/s1. The van der Waals surface area contributed by atoms with Crippen LogP contribution in [-0.4, -0.2) is 27.1 Å². The molecule has 0 radical (unpaired) electrons. The number of hydrogen-bond acceptors (Lipinski definition) is 5. The number of nitrogens with zero attached hydrogens (tertiary/aromatic N) is 1. The Morgan fingerprint density at radius 1 is 1.41 bits per heavy atom. The number of carboxylic acid groups (broad SMARTS) is 1. The van der Waals surface area contributed by atoms with Gasteiger partial charge in [0.15, 0.2) is 0 Å². The maximum absolute atomic E-state index is 10.5. The molecule has 0 heterocycles. The molecule has 7 nitrogen and oxygen atoms in total. The number of carboxylic acids is 1. The highest BCUT2D eigenvalue weighted by Gasteiger charge is 2.18. The molecule has 92 valence electrons. The first-order valence-corrected chi connectivity index (χ1v) is 4.82. The van der Waals surface area contributed by atoms with Crippen molar-refractivity contribution in [3.8, 4) is 0 Å². The summed E-state index contributed by atoms with van der Waals surface area (Å²) in [4.78, 5) is 20.3. The van der Waals surface area contributed by atoms with E-state index in [1.165, 1.54) is 24.3 Å². The van der Waals surface area contributed by atoms with E-state index in [4.69, 9.17) is 10.8 Å². The van der Waals surface area contributed by atoms with E-state index in [2.05, 4.69) is 0 Å². The van der Waals surface area contributed by atoms with Crippen LogP contribution < -0.4 is 5.73 Å². The molecule has 0 aliphatic rings. The third-order valence-electron chi connectivity index (χ3n) is 2.28. The number of hydrogen-bond donors (Lipinski definition) is 3. The quantitative estimate of drug-likeness (QED) is 0.506. The zero-order valence-corrected chi connectivity index (χ0v) is 8.81. The molecule has 0 fully saturated rings. The number of nitrogens with two attached hydrogens (primary N) is 1. The second kappa shape index (κ2) is 5.37. The van der Waals surface area contributed by atoms with E-state index in [9.17, 15) is 20.0 Å². The Kier molecular flexibility index (Phi) is 4.13. The van der Waals surface area contributed by atoms with E-state index < -0.39 is 23.0 Å². The van der Waals surface area contributed by atoms with Crippen LogP contribution in [0.15, 0.2) is 24.3 Å². The second-order valence-corrected chi connectivity index (χ2v) is 3.54. The minimum absolute atomic E-state index is 0.0940. The Hall–Kier alpha value is -1.99. The average molecular weight is 240 g/mol. The normalized spacial score (nSPS) is 14.0. The largest absolute Gasteiger partial charge is 0.480 e. The summed E-state index contributed by atoms with van der Waals surface area (Å²) in [7, 11) is 0. The molecule has 0 aliphatic heterocycles. The van der Waals surface area contributed by atoms with Crippen molar-refractivity contribution in [2.75, 3.05) is 0 Å². The van der Waals surface area contributed by atoms with Gasteiger partial charge < -0.3 is 15.9 Å². The molecule has 0 saturated carbocycles. The smallest absolute Gasteiger partial charge is 0.320 e. The van der Waals surface area contributed by atoms with Gasteiger partial charge in [0.2, 0.25) is 0 Å². The molecule has 1 aromatic rings. The summed E-state index contributed by atoms with van der Waals surface area (Å²) in [5.41, 5.74) is 5.57. The van der Waals surface area contributed by atoms with Crippen molar-refractivity contribution in [3.63, 3.8) is 0 Å². The van der Waals surface area contributed by atoms with Crippen LogP contribution in [0.1, 0.15) is 18.1 Å². The first kappa shape index (κ1) is 13.1. The summed E-state index contributed by atoms with van der Waals surface area (Å²) in [6.45, 7) is 0. The van der Waals surface area contributed by atoms with Gasteiger partial charge in [0, 0.05) is 18.6 Å². The highest BCUT2D eigenvalue weighted by atomic mass is 16.6. The zero-order chi connectivity index (χ0) is 13.0. The van der Waals surface area contributed by atoms with Gasteiger partial charge in [0.05, 0.1) is 11.0 Å². The second-order valence-electron chi connectivity index (χ2n) is 3.54. The van der Waals surface area contributed by atoms with E-state index in [1.807, 2.05) is 0 Å². The predicted molar refractivity (Wildman–Crippen MR) is 58.3 cm³/mol. The maximum atomic E-state index is 10.5. The lowest BCUT2D eigenvalue weighted by Crippen LogP contribution is -2.31. The van der Waals surface area contributed by atoms with Gasteiger partial charge in [0.1, 0.15) is 6.04 Å². The summed E-state index contributed by atoms with van der Waals surface area (Å²) >= 11 is 0. The predicted octanol–water partition coefficient (Wildman–Crippen LogP) is 0.430. The zero-order valence-electron chi connectivity index (χ0n) is 8.81. The van der Waals surface area contributed by atoms with Crippen molar-refractivity contribution in [1.82, 2.24) is 0 Å². The Bertz CT molecular complexity index is 417. The van der Waals surface area contributed by atoms with Crippen LogP contribution >= 0.6 is 0 Å². The summed E-state index contributed by atoms with van der Waals surface area (Å²) < 4.78 is 0. The lowest BCUT2D eigenvalue weighted by atomic mass is 10.0. The number of aliphatic carboxylic acids is 1. The van der Waals surface area contributed by atoms with Gasteiger partial charge in [-0.1, -0.05) is 0 Å². The first-order valence-electron chi connectivity index (χ1n) is 4.82. The lowest BCUT2D eigenvalue weighted by molar-refractivity contribution is -0.384. The Balaban J connectivity index is 2.73. The number of benzene rings is 1. The van der Waals surface area contributed by atoms with Crippen molar-refractivity contribution in [3.05, 3.63) is 39.9 Å². The topological polar surface area (TPSA) is 127 Å². The van der Waals surface area contributed by atoms with Gasteiger partial charge in [-0.2, -0.15) is 0 Å². The summed E-state index contributed by atoms with van der Waals surface area (Å²) in [5.74, 6) is -1.20. The molecular formula is C10H12N2O5. The molecule has 17 heavy (non-hydrogen) atoms. The van der Waals surface area contributed by atoms with Crippen molar-refractivity contribution in [2.24, 2.45) is 5.73 Å². The minimum Gasteiger partial charge on any atom is -0.480 e. The number of aliphatic hydroxyl groups is 1. The number of non-ortho nitro benzene ring substituents is 1. The molecule has 0 saturated heterocycles. The van der Waals surface area contributed by atoms with Crippen LogP contribution in [0.3, 0.4) is 0 Å². The van der Waals surface area contributed by atoms with Gasteiger partial charge in [-0.25, -0.2) is 0 Å². The number of carbonyl (C=O) groups is 1. The highest BCUT2D eigenvalue weighted by molar-refractivity contribution is 5.73. The molecule has 2 atom stereocenters. The number of rotatable bonds is 5. The van der Waals surface area contributed by atoms with Crippen LogP contribution in [0.25, 0.3) is 0 Å². The molecular weight excluding hydrogens is 228 g/mol. The highest BCUT2D eigenvalue weighted by Crippen LogP contribution is 2.20. The molecule has 0 amide bonds. The lowest BCUT2D eigenvalue weighted by Gasteiger charge is -2.13. The molecule has 1 aromatic carbocycles. The molecule has 1 rings (SSSR count). The van der Waals surface area contributed by atoms with E-state index >= 15 is 0 Å². The molecule has 0 aliphatic carbocycles. The molecule has 0 bridgehead atoms. The van der Waals surface area contributed by atoms with Gasteiger partial charge >= 0.3 is 5.97 Å². The van der Waals surface area contributed by atoms with E-state index in [0.717, 1.165) is 0 Å². The fourth-order valence-electron chi connectivity index (χ4n) is 1.30. The van der Waals surface area contributed by atoms with Crippen LogP contribution in [0, 0.1) is 10.1 Å². The Labute approximate surface area is 96.6 Å². The molecule has 0 unspecified atom stereocenters. The number of aliphatic hydroxyl groups excluding tert-OH is 1. The molecule has 0 aromatic heterocycles. The van der Waals surface area contributed by atoms with E-state index in [0.29, 0.717) is 5.56 Å². The summed E-state index contributed by atoms with van der Waals surface area (Å²) in [5, 5.41) is 28.6. The minimum atomic E-state index is -1.20. The monoisotopic (exact) mass is 240 g/mol. The average Bonchev–Trinajstić information content (AvgIpc) is 2.28. The summed E-state index contributed by atoms with van der Waals surface area (Å²) in [6.07, 6.45) is -1.20. The number of nitro groups is 1. The molecule has 0 spiro atoms. The fraction of sp³-hybridized carbons (Fsp3) is 0.300. The van der Waals surface area contributed by atoms with E-state index in [-0.39, 0.29) is 12.1 Å². The van der Waals surface area contributed by atoms with Crippen molar-refractivity contribution >= 4 is 11.7 Å². The van der Waals surface area contributed by atoms with Gasteiger partial charge in [-0.05, 0) is 17.7 Å². The van der Waals surface area contributed by atoms with Crippen LogP contribution in [0.5, 0.6) is 0 Å². The van der Waals surface area contributed by atoms with Crippen molar-refractivity contribution < 1.29 is 19.9 Å².